The summed E-state index contributed by atoms with van der Waals surface area (Å²) in [6, 6.07) is 5.38. The first-order chi connectivity index (χ1) is 11.2. The van der Waals surface area contributed by atoms with Crippen LogP contribution in [-0.2, 0) is 6.18 Å². The van der Waals surface area contributed by atoms with Crippen LogP contribution in [0.25, 0.3) is 10.1 Å². The van der Waals surface area contributed by atoms with Crippen molar-refractivity contribution in [2.75, 3.05) is 7.05 Å². The van der Waals surface area contributed by atoms with E-state index in [1.807, 2.05) is 0 Å². The first-order valence-electron chi connectivity index (χ1n) is 7.18. The van der Waals surface area contributed by atoms with Gasteiger partial charge in [-0.25, -0.2) is 0 Å². The van der Waals surface area contributed by atoms with E-state index in [0.29, 0.717) is 22.9 Å². The number of thiophene rings is 1. The van der Waals surface area contributed by atoms with E-state index in [1.54, 1.807) is 0 Å². The summed E-state index contributed by atoms with van der Waals surface area (Å²) in [5.41, 5.74) is -1.62. The quantitative estimate of drug-likeness (QED) is 0.736. The summed E-state index contributed by atoms with van der Waals surface area (Å²) >= 11 is 7.14. The monoisotopic (exact) mass is 372 g/mol. The predicted octanol–water partition coefficient (Wildman–Crippen LogP) is 5.09. The molecule has 1 aliphatic rings. The Morgan fingerprint density at radius 2 is 2.08 bits per heavy atom. The van der Waals surface area contributed by atoms with Crippen molar-refractivity contribution in [3.8, 4) is 6.07 Å². The molecule has 0 N–H and O–H groups in total. The van der Waals surface area contributed by atoms with Gasteiger partial charge in [0.15, 0.2) is 0 Å². The van der Waals surface area contributed by atoms with Crippen LogP contribution in [0.1, 0.15) is 34.5 Å². The minimum absolute atomic E-state index is 0.132. The van der Waals surface area contributed by atoms with Gasteiger partial charge in [-0.3, -0.25) is 4.79 Å². The lowest BCUT2D eigenvalue weighted by molar-refractivity contribution is -0.137. The van der Waals surface area contributed by atoms with E-state index in [-0.39, 0.29) is 9.90 Å². The molecule has 0 spiro atoms. The SMILES string of the molecule is CN(C(=O)c1sc2cc(C(F)(F)F)ccc2c1Cl)C1(C#N)CCC1. The third-order valence-corrected chi connectivity index (χ3v) is 6.13. The molecule has 1 amide bonds. The van der Waals surface area contributed by atoms with Gasteiger partial charge in [-0.1, -0.05) is 17.7 Å². The Hall–Kier alpha value is -1.78. The molecule has 0 bridgehead atoms. The summed E-state index contributed by atoms with van der Waals surface area (Å²) in [6.45, 7) is 0. The van der Waals surface area contributed by atoms with Crippen molar-refractivity contribution in [1.82, 2.24) is 4.90 Å². The zero-order chi connectivity index (χ0) is 17.7. The zero-order valence-corrected chi connectivity index (χ0v) is 14.1. The number of amides is 1. The molecular formula is C16H12ClF3N2OS. The fraction of sp³-hybridized carbons (Fsp3) is 0.375. The highest BCUT2D eigenvalue weighted by atomic mass is 35.5. The molecule has 1 aromatic carbocycles. The van der Waals surface area contributed by atoms with Gasteiger partial charge < -0.3 is 4.90 Å². The van der Waals surface area contributed by atoms with Crippen LogP contribution in [0, 0.1) is 11.3 Å². The van der Waals surface area contributed by atoms with Crippen molar-refractivity contribution in [2.24, 2.45) is 0 Å². The molecule has 0 saturated heterocycles. The number of fused-ring (bicyclic) bond motifs is 1. The molecule has 3 rings (SSSR count). The Kier molecular flexibility index (Phi) is 4.01. The van der Waals surface area contributed by atoms with Gasteiger partial charge in [0, 0.05) is 17.1 Å². The first kappa shape index (κ1) is 17.1. The summed E-state index contributed by atoms with van der Waals surface area (Å²) in [4.78, 5) is 14.2. The number of benzene rings is 1. The zero-order valence-electron chi connectivity index (χ0n) is 12.6. The van der Waals surface area contributed by atoms with Gasteiger partial charge in [-0.15, -0.1) is 11.3 Å². The molecule has 3 nitrogen and oxygen atoms in total. The molecular weight excluding hydrogens is 361 g/mol. The summed E-state index contributed by atoms with van der Waals surface area (Å²) in [7, 11) is 1.53. The Balaban J connectivity index is 2.02. The van der Waals surface area contributed by atoms with E-state index in [2.05, 4.69) is 6.07 Å². The number of nitrogens with zero attached hydrogens (tertiary/aromatic N) is 2. The smallest absolute Gasteiger partial charge is 0.322 e. The molecule has 1 fully saturated rings. The van der Waals surface area contributed by atoms with Gasteiger partial charge in [-0.2, -0.15) is 18.4 Å². The first-order valence-corrected chi connectivity index (χ1v) is 8.38. The lowest BCUT2D eigenvalue weighted by Crippen LogP contribution is -2.53. The number of nitriles is 1. The fourth-order valence-corrected chi connectivity index (χ4v) is 4.29. The average Bonchev–Trinajstić information content (AvgIpc) is 2.81. The number of halogens is 4. The Morgan fingerprint density at radius 3 is 2.58 bits per heavy atom. The van der Waals surface area contributed by atoms with E-state index < -0.39 is 23.2 Å². The van der Waals surface area contributed by atoms with Crippen molar-refractivity contribution in [3.63, 3.8) is 0 Å². The fourth-order valence-electron chi connectivity index (χ4n) is 2.76. The van der Waals surface area contributed by atoms with Crippen molar-refractivity contribution in [1.29, 1.82) is 5.26 Å². The number of carbonyl (C=O) groups excluding carboxylic acids is 1. The maximum atomic E-state index is 12.8. The van der Waals surface area contributed by atoms with Gasteiger partial charge in [0.25, 0.3) is 5.91 Å². The Bertz CT molecular complexity index is 865. The molecule has 24 heavy (non-hydrogen) atoms. The highest BCUT2D eigenvalue weighted by molar-refractivity contribution is 7.21. The number of hydrogen-bond donors (Lipinski definition) is 0. The lowest BCUT2D eigenvalue weighted by Gasteiger charge is -2.42. The van der Waals surface area contributed by atoms with Crippen molar-refractivity contribution >= 4 is 38.9 Å². The van der Waals surface area contributed by atoms with Gasteiger partial charge in [0.05, 0.1) is 16.7 Å². The van der Waals surface area contributed by atoms with Crippen molar-refractivity contribution in [3.05, 3.63) is 33.7 Å². The maximum Gasteiger partial charge on any atom is 0.416 e. The van der Waals surface area contributed by atoms with Gasteiger partial charge in [-0.05, 0) is 31.4 Å². The van der Waals surface area contributed by atoms with Crippen LogP contribution in [0.4, 0.5) is 13.2 Å². The molecule has 8 heteroatoms. The minimum Gasteiger partial charge on any atom is -0.322 e. The van der Waals surface area contributed by atoms with Crippen LogP contribution in [0.3, 0.4) is 0 Å². The third-order valence-electron chi connectivity index (χ3n) is 4.49. The predicted molar refractivity (Wildman–Crippen MR) is 86.1 cm³/mol. The minimum atomic E-state index is -4.46. The molecule has 1 aromatic heterocycles. The van der Waals surface area contributed by atoms with Crippen LogP contribution in [0.15, 0.2) is 18.2 Å². The second kappa shape index (κ2) is 5.64. The third kappa shape index (κ3) is 2.54. The molecule has 1 aliphatic carbocycles. The van der Waals surface area contributed by atoms with E-state index in [4.69, 9.17) is 11.6 Å². The summed E-state index contributed by atoms with van der Waals surface area (Å²) < 4.78 is 38.8. The van der Waals surface area contributed by atoms with Gasteiger partial charge in [0.1, 0.15) is 10.4 Å². The van der Waals surface area contributed by atoms with Crippen molar-refractivity contribution in [2.45, 2.75) is 31.0 Å². The van der Waals surface area contributed by atoms with E-state index in [9.17, 15) is 23.2 Å². The molecule has 0 unspecified atom stereocenters. The molecule has 0 atom stereocenters. The maximum absolute atomic E-state index is 12.8. The molecule has 126 valence electrons. The molecule has 1 heterocycles. The number of alkyl halides is 3. The average molecular weight is 373 g/mol. The van der Waals surface area contributed by atoms with Crippen LogP contribution < -0.4 is 0 Å². The van der Waals surface area contributed by atoms with Gasteiger partial charge in [0.2, 0.25) is 0 Å². The normalized spacial score (nSPS) is 16.5. The van der Waals surface area contributed by atoms with Crippen LogP contribution in [0.2, 0.25) is 5.02 Å². The second-order valence-corrected chi connectivity index (χ2v) is 7.25. The number of rotatable bonds is 2. The largest absolute Gasteiger partial charge is 0.416 e. The second-order valence-electron chi connectivity index (χ2n) is 5.81. The Morgan fingerprint density at radius 1 is 1.42 bits per heavy atom. The highest BCUT2D eigenvalue weighted by Crippen LogP contribution is 2.42. The molecule has 1 saturated carbocycles. The van der Waals surface area contributed by atoms with E-state index >= 15 is 0 Å². The molecule has 0 aliphatic heterocycles. The standard InChI is InChI=1S/C16H12ClF3N2OS/c1-22(15(8-21)5-2-6-15)14(23)13-12(17)10-4-3-9(16(18,19)20)7-11(10)24-13/h3-4,7H,2,5-6H2,1H3. The molecule has 0 radical (unpaired) electrons. The van der Waals surface area contributed by atoms with E-state index in [0.717, 1.165) is 29.9 Å². The summed E-state index contributed by atoms with van der Waals surface area (Å²) in [5.74, 6) is -0.434. The van der Waals surface area contributed by atoms with Crippen molar-refractivity contribution < 1.29 is 18.0 Å². The number of hydrogen-bond acceptors (Lipinski definition) is 3. The summed E-state index contributed by atoms with van der Waals surface area (Å²) in [5, 5.41) is 9.88. The van der Waals surface area contributed by atoms with Crippen LogP contribution >= 0.6 is 22.9 Å². The lowest BCUT2D eigenvalue weighted by atomic mass is 9.76. The highest BCUT2D eigenvalue weighted by Gasteiger charge is 2.44. The summed E-state index contributed by atoms with van der Waals surface area (Å²) in [6.07, 6.45) is -2.42. The Labute approximate surface area is 145 Å². The molecule has 2 aromatic rings. The van der Waals surface area contributed by atoms with Crippen LogP contribution in [0.5, 0.6) is 0 Å². The topological polar surface area (TPSA) is 44.1 Å². The van der Waals surface area contributed by atoms with Crippen LogP contribution in [-0.4, -0.2) is 23.4 Å². The van der Waals surface area contributed by atoms with Gasteiger partial charge >= 0.3 is 6.18 Å². The number of carbonyl (C=O) groups is 1. The van der Waals surface area contributed by atoms with E-state index in [1.165, 1.54) is 18.0 Å².